The summed E-state index contributed by atoms with van der Waals surface area (Å²) in [5, 5.41) is 3.37. The number of rotatable bonds is 9. The van der Waals surface area contributed by atoms with E-state index in [0.29, 0.717) is 5.95 Å². The Morgan fingerprint density at radius 2 is 1.72 bits per heavy atom. The van der Waals surface area contributed by atoms with Crippen molar-refractivity contribution >= 4 is 23.1 Å². The van der Waals surface area contributed by atoms with Gasteiger partial charge in [-0.1, -0.05) is 0 Å². The van der Waals surface area contributed by atoms with Crippen LogP contribution >= 0.6 is 0 Å². The summed E-state index contributed by atoms with van der Waals surface area (Å²) in [5.74, 6) is 1.51. The van der Waals surface area contributed by atoms with Gasteiger partial charge in [-0.3, -0.25) is 4.98 Å². The Morgan fingerprint density at radius 3 is 2.41 bits per heavy atom. The van der Waals surface area contributed by atoms with Crippen molar-refractivity contribution in [3.63, 3.8) is 0 Å². The molecule has 0 fully saturated rings. The Labute approximate surface area is 173 Å². The zero-order valence-corrected chi connectivity index (χ0v) is 17.8. The van der Waals surface area contributed by atoms with E-state index in [1.165, 1.54) is 16.8 Å². The molecule has 3 rings (SSSR count). The number of likely N-dealkylation sites (N-methyl/N-ethyl adjacent to an activating group) is 1. The van der Waals surface area contributed by atoms with E-state index in [1.54, 1.807) is 6.20 Å². The molecular formula is C23H30N6. The van der Waals surface area contributed by atoms with E-state index in [9.17, 15) is 0 Å². The van der Waals surface area contributed by atoms with Crippen LogP contribution in [0.2, 0.25) is 0 Å². The van der Waals surface area contributed by atoms with Crippen molar-refractivity contribution in [3.8, 4) is 0 Å². The fraction of sp³-hybridized carbons (Fsp3) is 0.348. The maximum Gasteiger partial charge on any atom is 0.229 e. The Bertz CT molecular complexity index is 908. The molecule has 0 aliphatic heterocycles. The van der Waals surface area contributed by atoms with Crippen molar-refractivity contribution < 1.29 is 0 Å². The SMILES string of the molecule is CCN(CC)c1ccc(Nc2nccc(N(C)CCc3ccncc3)n2)c(C)c1. The zero-order valence-electron chi connectivity index (χ0n) is 17.8. The number of anilines is 4. The number of aromatic nitrogens is 3. The lowest BCUT2D eigenvalue weighted by Gasteiger charge is -2.22. The number of benzene rings is 1. The van der Waals surface area contributed by atoms with Crippen molar-refractivity contribution in [2.45, 2.75) is 27.2 Å². The van der Waals surface area contributed by atoms with Gasteiger partial charge in [0.05, 0.1) is 0 Å². The smallest absolute Gasteiger partial charge is 0.229 e. The highest BCUT2D eigenvalue weighted by molar-refractivity contribution is 5.64. The Hall–Kier alpha value is -3.15. The molecule has 1 aromatic carbocycles. The summed E-state index contributed by atoms with van der Waals surface area (Å²) in [7, 11) is 2.05. The molecule has 0 aliphatic rings. The number of nitrogens with zero attached hydrogens (tertiary/aromatic N) is 5. The van der Waals surface area contributed by atoms with Crippen LogP contribution in [0.5, 0.6) is 0 Å². The fourth-order valence-corrected chi connectivity index (χ4v) is 3.28. The molecule has 2 heterocycles. The molecule has 0 unspecified atom stereocenters. The Morgan fingerprint density at radius 1 is 0.966 bits per heavy atom. The minimum atomic E-state index is 0.608. The molecule has 0 bridgehead atoms. The number of hydrogen-bond acceptors (Lipinski definition) is 6. The Kier molecular flexibility index (Phi) is 7.00. The van der Waals surface area contributed by atoms with E-state index in [2.05, 4.69) is 71.1 Å². The largest absolute Gasteiger partial charge is 0.372 e. The average molecular weight is 391 g/mol. The second kappa shape index (κ2) is 9.87. The number of pyridine rings is 1. The summed E-state index contributed by atoms with van der Waals surface area (Å²) < 4.78 is 0. The highest BCUT2D eigenvalue weighted by Gasteiger charge is 2.08. The maximum absolute atomic E-state index is 4.69. The van der Waals surface area contributed by atoms with E-state index in [-0.39, 0.29) is 0 Å². The first-order chi connectivity index (χ1) is 14.1. The summed E-state index contributed by atoms with van der Waals surface area (Å²) in [6.07, 6.45) is 6.40. The summed E-state index contributed by atoms with van der Waals surface area (Å²) in [6, 6.07) is 12.5. The van der Waals surface area contributed by atoms with Crippen LogP contribution < -0.4 is 15.1 Å². The molecule has 0 saturated carbocycles. The van der Waals surface area contributed by atoms with Crippen molar-refractivity contribution in [2.75, 3.05) is 41.8 Å². The third kappa shape index (κ3) is 5.44. The lowest BCUT2D eigenvalue weighted by molar-refractivity contribution is 0.855. The van der Waals surface area contributed by atoms with E-state index in [1.807, 2.05) is 30.6 Å². The van der Waals surface area contributed by atoms with Gasteiger partial charge in [0, 0.05) is 56.6 Å². The van der Waals surface area contributed by atoms with Gasteiger partial charge in [-0.25, -0.2) is 4.98 Å². The van der Waals surface area contributed by atoms with Crippen LogP contribution in [0, 0.1) is 6.92 Å². The quantitative estimate of drug-likeness (QED) is 0.583. The van der Waals surface area contributed by atoms with Crippen LogP contribution in [-0.2, 0) is 6.42 Å². The molecule has 29 heavy (non-hydrogen) atoms. The normalized spacial score (nSPS) is 10.6. The highest BCUT2D eigenvalue weighted by atomic mass is 15.2. The van der Waals surface area contributed by atoms with Crippen molar-refractivity contribution in [1.82, 2.24) is 15.0 Å². The van der Waals surface area contributed by atoms with Crippen LogP contribution in [0.3, 0.4) is 0 Å². The van der Waals surface area contributed by atoms with Gasteiger partial charge in [0.1, 0.15) is 5.82 Å². The standard InChI is InChI=1S/C23H30N6/c1-5-29(6-2)20-7-8-21(18(3)17-20)26-23-25-15-11-22(27-23)28(4)16-12-19-9-13-24-14-10-19/h7-11,13-15,17H,5-6,12,16H2,1-4H3,(H,25,26,27). The van der Waals surface area contributed by atoms with E-state index < -0.39 is 0 Å². The number of nitrogens with one attached hydrogen (secondary N) is 1. The van der Waals surface area contributed by atoms with Gasteiger partial charge in [-0.2, -0.15) is 4.98 Å². The molecule has 152 valence electrons. The minimum absolute atomic E-state index is 0.608. The number of aryl methyl sites for hydroxylation is 1. The topological polar surface area (TPSA) is 57.2 Å². The zero-order chi connectivity index (χ0) is 20.6. The van der Waals surface area contributed by atoms with Crippen LogP contribution in [0.15, 0.2) is 55.0 Å². The molecule has 6 heteroatoms. The van der Waals surface area contributed by atoms with Crippen LogP contribution in [-0.4, -0.2) is 41.6 Å². The van der Waals surface area contributed by atoms with E-state index in [0.717, 1.165) is 37.6 Å². The molecule has 0 saturated heterocycles. The molecule has 1 N–H and O–H groups in total. The van der Waals surface area contributed by atoms with Gasteiger partial charge in [-0.05, 0) is 74.7 Å². The molecular weight excluding hydrogens is 360 g/mol. The Balaban J connectivity index is 1.68. The van der Waals surface area contributed by atoms with Gasteiger partial charge in [0.15, 0.2) is 0 Å². The van der Waals surface area contributed by atoms with E-state index >= 15 is 0 Å². The molecule has 0 radical (unpaired) electrons. The number of hydrogen-bond donors (Lipinski definition) is 1. The average Bonchev–Trinajstić information content (AvgIpc) is 2.75. The third-order valence-corrected chi connectivity index (χ3v) is 5.10. The monoisotopic (exact) mass is 390 g/mol. The molecule has 2 aromatic heterocycles. The first kappa shape index (κ1) is 20.6. The first-order valence-corrected chi connectivity index (χ1v) is 10.2. The van der Waals surface area contributed by atoms with Gasteiger partial charge in [0.2, 0.25) is 5.95 Å². The lowest BCUT2D eigenvalue weighted by Crippen LogP contribution is -2.22. The van der Waals surface area contributed by atoms with Crippen LogP contribution in [0.1, 0.15) is 25.0 Å². The minimum Gasteiger partial charge on any atom is -0.372 e. The molecule has 0 amide bonds. The van der Waals surface area contributed by atoms with Gasteiger partial charge in [0.25, 0.3) is 0 Å². The van der Waals surface area contributed by atoms with E-state index in [4.69, 9.17) is 4.98 Å². The third-order valence-electron chi connectivity index (χ3n) is 5.10. The summed E-state index contributed by atoms with van der Waals surface area (Å²) >= 11 is 0. The molecule has 3 aromatic rings. The van der Waals surface area contributed by atoms with Gasteiger partial charge in [-0.15, -0.1) is 0 Å². The molecule has 0 spiro atoms. The summed E-state index contributed by atoms with van der Waals surface area (Å²) in [6.45, 7) is 9.34. The van der Waals surface area contributed by atoms with Crippen LogP contribution in [0.4, 0.5) is 23.1 Å². The molecule has 0 aliphatic carbocycles. The highest BCUT2D eigenvalue weighted by Crippen LogP contribution is 2.25. The second-order valence-corrected chi connectivity index (χ2v) is 7.06. The summed E-state index contributed by atoms with van der Waals surface area (Å²) in [4.78, 5) is 17.6. The predicted molar refractivity (Wildman–Crippen MR) is 121 cm³/mol. The molecule has 0 atom stereocenters. The van der Waals surface area contributed by atoms with Crippen molar-refractivity contribution in [3.05, 3.63) is 66.1 Å². The van der Waals surface area contributed by atoms with Crippen molar-refractivity contribution in [2.24, 2.45) is 0 Å². The fourth-order valence-electron chi connectivity index (χ4n) is 3.28. The molecule has 6 nitrogen and oxygen atoms in total. The lowest BCUT2D eigenvalue weighted by atomic mass is 10.1. The first-order valence-electron chi connectivity index (χ1n) is 10.2. The summed E-state index contributed by atoms with van der Waals surface area (Å²) in [5.41, 5.74) is 4.71. The van der Waals surface area contributed by atoms with Crippen LogP contribution in [0.25, 0.3) is 0 Å². The van der Waals surface area contributed by atoms with Crippen molar-refractivity contribution in [1.29, 1.82) is 0 Å². The van der Waals surface area contributed by atoms with Gasteiger partial charge < -0.3 is 15.1 Å². The van der Waals surface area contributed by atoms with Gasteiger partial charge >= 0.3 is 0 Å². The predicted octanol–water partition coefficient (Wildman–Crippen LogP) is 4.45. The maximum atomic E-state index is 4.69. The second-order valence-electron chi connectivity index (χ2n) is 7.06.